The first-order valence-corrected chi connectivity index (χ1v) is 10.4. The summed E-state index contributed by atoms with van der Waals surface area (Å²) in [5.74, 6) is -0.153. The zero-order valence-electron chi connectivity index (χ0n) is 14.1. The third-order valence-electron chi connectivity index (χ3n) is 3.91. The highest BCUT2D eigenvalue weighted by atomic mass is 79.9. The van der Waals surface area contributed by atoms with E-state index in [-0.39, 0.29) is 27.7 Å². The van der Waals surface area contributed by atoms with Crippen LogP contribution in [0.3, 0.4) is 0 Å². The van der Waals surface area contributed by atoms with Gasteiger partial charge in [0.15, 0.2) is 11.5 Å². The normalized spacial score (nSPS) is 16.2. The number of anilines is 1. The van der Waals surface area contributed by atoms with Gasteiger partial charge in [0, 0.05) is 25.6 Å². The summed E-state index contributed by atoms with van der Waals surface area (Å²) in [5.41, 5.74) is 2.40. The van der Waals surface area contributed by atoms with Crippen molar-refractivity contribution in [3.8, 4) is 0 Å². The Morgan fingerprint density at radius 2 is 2.22 bits per heavy atom. The summed E-state index contributed by atoms with van der Waals surface area (Å²) in [7, 11) is -3.17. The van der Waals surface area contributed by atoms with Crippen LogP contribution in [0.1, 0.15) is 5.69 Å². The Balaban J connectivity index is 1.69. The first kappa shape index (κ1) is 19.7. The number of nitrogens with one attached hydrogen (secondary N) is 2. The Morgan fingerprint density at radius 1 is 1.48 bits per heavy atom. The first-order valence-electron chi connectivity index (χ1n) is 7.73. The van der Waals surface area contributed by atoms with E-state index in [9.17, 15) is 18.0 Å². The fraction of sp³-hybridized carbons (Fsp3) is 0.357. The summed E-state index contributed by atoms with van der Waals surface area (Å²) < 4.78 is 42.4. The van der Waals surface area contributed by atoms with E-state index in [1.165, 1.54) is 28.8 Å². The van der Waals surface area contributed by atoms with Gasteiger partial charge in [0.2, 0.25) is 15.8 Å². The van der Waals surface area contributed by atoms with Gasteiger partial charge in [-0.1, -0.05) is 0 Å². The molecule has 27 heavy (non-hydrogen) atoms. The molecule has 1 fully saturated rings. The molecule has 146 valence electrons. The van der Waals surface area contributed by atoms with Crippen molar-refractivity contribution in [1.82, 2.24) is 20.1 Å². The number of nitrogens with zero attached hydrogens (tertiary/aromatic N) is 4. The molecule has 1 aromatic carbocycles. The van der Waals surface area contributed by atoms with Crippen LogP contribution < -0.4 is 10.8 Å². The number of amidine groups is 1. The Morgan fingerprint density at radius 3 is 2.85 bits per heavy atom. The van der Waals surface area contributed by atoms with Crippen molar-refractivity contribution in [2.75, 3.05) is 31.2 Å². The highest BCUT2D eigenvalue weighted by Gasteiger charge is 2.33. The second-order valence-electron chi connectivity index (χ2n) is 5.96. The van der Waals surface area contributed by atoms with Crippen molar-refractivity contribution >= 4 is 43.3 Å². The Bertz CT molecular complexity index is 960. The Hall–Kier alpha value is -2.09. The van der Waals surface area contributed by atoms with Gasteiger partial charge in [0.05, 0.1) is 16.4 Å². The lowest BCUT2D eigenvalue weighted by atomic mass is 10.0. The minimum Gasteiger partial charge on any atom is -0.365 e. The van der Waals surface area contributed by atoms with Crippen LogP contribution in [0, 0.1) is 11.7 Å². The maximum absolute atomic E-state index is 13.3. The average Bonchev–Trinajstić information content (AvgIpc) is 3.01. The number of hydrogen-bond donors (Lipinski definition) is 3. The minimum absolute atomic E-state index is 0.0522. The lowest BCUT2D eigenvalue weighted by molar-refractivity contribution is 0.212. The quantitative estimate of drug-likeness (QED) is 0.332. The summed E-state index contributed by atoms with van der Waals surface area (Å²) in [5, 5.41) is 19.8. The molecule has 1 aliphatic rings. The smallest absolute Gasteiger partial charge is 0.211 e. The SMILES string of the molecule is CS(=O)(=O)N1CC(CNc2nonc2C(=Nc2ccc(F)c(Br)c2)NO)C1. The molecule has 0 amide bonds. The van der Waals surface area contributed by atoms with E-state index in [2.05, 4.69) is 36.6 Å². The molecule has 0 atom stereocenters. The van der Waals surface area contributed by atoms with Gasteiger partial charge in [-0.05, 0) is 44.4 Å². The van der Waals surface area contributed by atoms with Crippen LogP contribution in [0.5, 0.6) is 0 Å². The third-order valence-corrected chi connectivity index (χ3v) is 5.76. The molecule has 2 aromatic rings. The van der Waals surface area contributed by atoms with Crippen LogP contribution in [0.4, 0.5) is 15.9 Å². The lowest BCUT2D eigenvalue weighted by Crippen LogP contribution is -2.51. The molecule has 0 spiro atoms. The summed E-state index contributed by atoms with van der Waals surface area (Å²) in [4.78, 5) is 4.16. The molecule has 1 aliphatic heterocycles. The van der Waals surface area contributed by atoms with E-state index in [0.717, 1.165) is 0 Å². The highest BCUT2D eigenvalue weighted by Crippen LogP contribution is 2.24. The van der Waals surface area contributed by atoms with Crippen LogP contribution in [-0.2, 0) is 10.0 Å². The Kier molecular flexibility index (Phi) is 5.74. The van der Waals surface area contributed by atoms with Gasteiger partial charge < -0.3 is 5.32 Å². The fourth-order valence-electron chi connectivity index (χ4n) is 2.44. The summed E-state index contributed by atoms with van der Waals surface area (Å²) in [6, 6.07) is 4.08. The molecule has 1 saturated heterocycles. The maximum atomic E-state index is 13.3. The van der Waals surface area contributed by atoms with Crippen LogP contribution in [-0.4, -0.2) is 60.0 Å². The molecule has 0 bridgehead atoms. The van der Waals surface area contributed by atoms with Gasteiger partial charge in [-0.3, -0.25) is 10.7 Å². The summed E-state index contributed by atoms with van der Waals surface area (Å²) in [6.45, 7) is 1.26. The zero-order chi connectivity index (χ0) is 19.6. The fourth-order valence-corrected chi connectivity index (χ4v) is 3.77. The summed E-state index contributed by atoms with van der Waals surface area (Å²) in [6.07, 6.45) is 1.17. The largest absolute Gasteiger partial charge is 0.365 e. The number of hydrogen-bond acceptors (Lipinski definition) is 8. The average molecular weight is 463 g/mol. The van der Waals surface area contributed by atoms with Crippen molar-refractivity contribution in [3.05, 3.63) is 34.2 Å². The molecule has 1 aromatic heterocycles. The number of hydroxylamine groups is 1. The molecule has 2 heterocycles. The molecule has 10 nitrogen and oxygen atoms in total. The maximum Gasteiger partial charge on any atom is 0.211 e. The first-order chi connectivity index (χ1) is 12.8. The number of aliphatic imine (C=N–C) groups is 1. The van der Waals surface area contributed by atoms with Crippen molar-refractivity contribution in [2.45, 2.75) is 0 Å². The van der Waals surface area contributed by atoms with Crippen LogP contribution in [0.15, 0.2) is 32.3 Å². The van der Waals surface area contributed by atoms with Crippen LogP contribution >= 0.6 is 15.9 Å². The van der Waals surface area contributed by atoms with Crippen LogP contribution in [0.25, 0.3) is 0 Å². The highest BCUT2D eigenvalue weighted by molar-refractivity contribution is 9.10. The van der Waals surface area contributed by atoms with E-state index in [1.54, 1.807) is 0 Å². The second-order valence-corrected chi connectivity index (χ2v) is 8.80. The molecule has 0 radical (unpaired) electrons. The predicted molar refractivity (Wildman–Crippen MR) is 97.9 cm³/mol. The topological polar surface area (TPSA) is 133 Å². The summed E-state index contributed by atoms with van der Waals surface area (Å²) >= 11 is 3.06. The number of aromatic nitrogens is 2. The minimum atomic E-state index is -3.17. The molecule has 13 heteroatoms. The van der Waals surface area contributed by atoms with E-state index in [4.69, 9.17) is 4.63 Å². The van der Waals surface area contributed by atoms with Gasteiger partial charge in [0.25, 0.3) is 0 Å². The van der Waals surface area contributed by atoms with Gasteiger partial charge in [-0.2, -0.15) is 0 Å². The number of sulfonamides is 1. The van der Waals surface area contributed by atoms with Crippen molar-refractivity contribution in [1.29, 1.82) is 0 Å². The second kappa shape index (κ2) is 7.88. The lowest BCUT2D eigenvalue weighted by Gasteiger charge is -2.37. The number of rotatable bonds is 6. The Labute approximate surface area is 162 Å². The monoisotopic (exact) mass is 462 g/mol. The third kappa shape index (κ3) is 4.61. The number of benzene rings is 1. The van der Waals surface area contributed by atoms with Gasteiger partial charge in [-0.15, -0.1) is 0 Å². The molecule has 3 rings (SSSR count). The van der Waals surface area contributed by atoms with E-state index in [1.807, 2.05) is 5.48 Å². The molecule has 3 N–H and O–H groups in total. The molecule has 0 saturated carbocycles. The predicted octanol–water partition coefficient (Wildman–Crippen LogP) is 1.33. The van der Waals surface area contributed by atoms with Gasteiger partial charge >= 0.3 is 0 Å². The molecule has 0 aliphatic carbocycles. The number of halogens is 2. The van der Waals surface area contributed by atoms with E-state index < -0.39 is 15.8 Å². The van der Waals surface area contributed by atoms with E-state index >= 15 is 0 Å². The van der Waals surface area contributed by atoms with E-state index in [0.29, 0.717) is 25.3 Å². The van der Waals surface area contributed by atoms with Gasteiger partial charge in [0.1, 0.15) is 5.82 Å². The van der Waals surface area contributed by atoms with Crippen molar-refractivity contribution in [3.63, 3.8) is 0 Å². The van der Waals surface area contributed by atoms with Crippen molar-refractivity contribution < 1.29 is 22.6 Å². The van der Waals surface area contributed by atoms with Crippen molar-refractivity contribution in [2.24, 2.45) is 10.9 Å². The van der Waals surface area contributed by atoms with Crippen LogP contribution in [0.2, 0.25) is 0 Å². The molecule has 0 unspecified atom stereocenters. The van der Waals surface area contributed by atoms with Gasteiger partial charge in [-0.25, -0.2) is 26.7 Å². The molecular formula is C14H16BrFN6O4S. The standard InChI is InChI=1S/C14H16BrFN6O4S/c1-27(24,25)22-6-8(7-22)5-17-13-12(20-26-21-13)14(19-23)18-9-2-3-11(16)10(15)4-9/h2-4,8,23H,5-7H2,1H3,(H,17,21)(H,18,19). The zero-order valence-corrected chi connectivity index (χ0v) is 16.5. The molecular weight excluding hydrogens is 447 g/mol.